The summed E-state index contributed by atoms with van der Waals surface area (Å²) in [5.41, 5.74) is 12.3. The Balaban J connectivity index is 0.000000141. The number of unbranched alkanes of at least 4 members (excludes halogenated alkanes) is 3. The van der Waals surface area contributed by atoms with Crippen LogP contribution in [0.1, 0.15) is 103 Å². The van der Waals surface area contributed by atoms with E-state index in [0.717, 1.165) is 86.0 Å². The van der Waals surface area contributed by atoms with E-state index in [2.05, 4.69) is 74.1 Å². The van der Waals surface area contributed by atoms with Gasteiger partial charge in [-0.05, 0) is 38.1 Å². The standard InChI is InChI=1S/C20H18N6O.C16H13ClN4O.C4H5N2.3C4H9.Sn/c1-11-17(19-21-8-9-26(19)2)25-18-12(4-3-5-15(18)23-11)16-10-13-14(24-16)6-7-22-20(13)27;1-8-15(17)21-14-9(3-2-4-12(14)19-8)13-7-10-11(20-13)5-6-18-16(10)22;1-6-3-2-5-4-6;3*1-3-4-2;/h3-5,8-10,24H,6-7H2,1-2H3,(H,22,27);2-4,7,20H,5-6H2,1H3,(H,18,22);2-3H,1H3;3*1,3-4H2,2H3;. The molecule has 0 fully saturated rings. The number of rotatable bonds is 13. The number of amides is 2. The summed E-state index contributed by atoms with van der Waals surface area (Å²) in [6.45, 7) is 12.1. The van der Waals surface area contributed by atoms with Crippen LogP contribution in [0, 0.1) is 13.8 Å². The molecule has 0 atom stereocenters. The van der Waals surface area contributed by atoms with E-state index in [1.807, 2.05) is 86.4 Å². The molecule has 2 aliphatic rings. The molecule has 16 heteroatoms. The zero-order valence-corrected chi connectivity index (χ0v) is 44.0. The van der Waals surface area contributed by atoms with E-state index in [4.69, 9.17) is 26.6 Å². The van der Waals surface area contributed by atoms with Crippen molar-refractivity contribution in [3.05, 3.63) is 112 Å². The van der Waals surface area contributed by atoms with Gasteiger partial charge in [0.25, 0.3) is 11.8 Å². The van der Waals surface area contributed by atoms with Crippen molar-refractivity contribution >= 4 is 67.7 Å². The van der Waals surface area contributed by atoms with E-state index in [-0.39, 0.29) is 11.8 Å². The topological polar surface area (TPSA) is 177 Å². The molecular weight excluding hydrogens is 979 g/mol. The van der Waals surface area contributed by atoms with Crippen molar-refractivity contribution in [1.29, 1.82) is 0 Å². The van der Waals surface area contributed by atoms with Gasteiger partial charge in [-0.3, -0.25) is 9.59 Å². The van der Waals surface area contributed by atoms with Crippen LogP contribution in [-0.4, -0.2) is 92.3 Å². The van der Waals surface area contributed by atoms with Gasteiger partial charge >= 0.3 is 124 Å². The van der Waals surface area contributed by atoms with Crippen molar-refractivity contribution in [2.45, 2.75) is 99.3 Å². The summed E-state index contributed by atoms with van der Waals surface area (Å²) in [5, 5.41) is 6.13. The van der Waals surface area contributed by atoms with Crippen LogP contribution >= 0.6 is 11.6 Å². The molecule has 10 rings (SSSR count). The first-order valence-electron chi connectivity index (χ1n) is 24.1. The molecule has 0 unspecified atom stereocenters. The first-order chi connectivity index (χ1) is 32.9. The second-order valence-corrected chi connectivity index (χ2v) is 31.3. The summed E-state index contributed by atoms with van der Waals surface area (Å²) < 4.78 is 10.3. The van der Waals surface area contributed by atoms with Gasteiger partial charge in [0, 0.05) is 79.3 Å². The summed E-state index contributed by atoms with van der Waals surface area (Å²) in [4.78, 5) is 58.6. The van der Waals surface area contributed by atoms with Gasteiger partial charge < -0.3 is 25.2 Å². The third kappa shape index (κ3) is 10.3. The van der Waals surface area contributed by atoms with Crippen molar-refractivity contribution < 1.29 is 9.59 Å². The fraction of sp³-hybridized carbons (Fsp3) is 0.385. The predicted octanol–water partition coefficient (Wildman–Crippen LogP) is 9.97. The van der Waals surface area contributed by atoms with Gasteiger partial charge in [-0.2, -0.15) is 0 Å². The average molecular weight is 1040 g/mol. The molecule has 2 aromatic carbocycles. The van der Waals surface area contributed by atoms with Crippen molar-refractivity contribution in [2.24, 2.45) is 14.1 Å². The predicted molar refractivity (Wildman–Crippen MR) is 275 cm³/mol. The Kier molecular flexibility index (Phi) is 15.4. The van der Waals surface area contributed by atoms with Crippen molar-refractivity contribution in [3.63, 3.8) is 0 Å². The Hall–Kier alpha value is -5.87. The van der Waals surface area contributed by atoms with E-state index in [9.17, 15) is 9.59 Å². The maximum Gasteiger partial charge on any atom is 0.253 e. The Labute approximate surface area is 407 Å². The van der Waals surface area contributed by atoms with Crippen LogP contribution < -0.4 is 14.5 Å². The SMILES string of the molecule is CCC[CH2][Sn]([CH2]CCC)([CH2]CCC)[c]1nccn1C.Cc1nc2cccc(-c3cc4c([nH]3)CCNC4=O)c2nc1-c1nccn1C.Cc1nc2cccc(-c3cc4c([nH]3)CCNC4=O)c2nc1Cl. The Morgan fingerprint density at radius 1 is 0.632 bits per heavy atom. The molecular formula is C52H63ClN12O2Sn. The maximum absolute atomic E-state index is 12.1. The van der Waals surface area contributed by atoms with Gasteiger partial charge in [0.2, 0.25) is 0 Å². The average Bonchev–Trinajstić information content (AvgIpc) is 4.17. The minimum absolute atomic E-state index is 0.0328. The van der Waals surface area contributed by atoms with Gasteiger partial charge in [-0.15, -0.1) is 0 Å². The van der Waals surface area contributed by atoms with Gasteiger partial charge in [-0.25, -0.2) is 24.9 Å². The van der Waals surface area contributed by atoms with Gasteiger partial charge in [0.1, 0.15) is 5.69 Å². The summed E-state index contributed by atoms with van der Waals surface area (Å²) in [5.74, 6) is 0.709. The fourth-order valence-electron chi connectivity index (χ4n) is 9.56. The fourth-order valence-corrected chi connectivity index (χ4v) is 25.9. The molecule has 8 heterocycles. The smallest absolute Gasteiger partial charge is 0.253 e. The van der Waals surface area contributed by atoms with E-state index in [1.165, 1.54) is 55.7 Å². The number of aryl methyl sites for hydroxylation is 4. The molecule has 14 nitrogen and oxygen atoms in total. The Morgan fingerprint density at radius 3 is 1.60 bits per heavy atom. The van der Waals surface area contributed by atoms with E-state index in [1.54, 1.807) is 6.20 Å². The number of para-hydroxylation sites is 2. The van der Waals surface area contributed by atoms with E-state index < -0.39 is 18.4 Å². The monoisotopic (exact) mass is 1040 g/mol. The normalized spacial score (nSPS) is 13.3. The van der Waals surface area contributed by atoms with Crippen molar-refractivity contribution in [2.75, 3.05) is 13.1 Å². The molecule has 0 spiro atoms. The number of nitrogens with zero attached hydrogens (tertiary/aromatic N) is 8. The van der Waals surface area contributed by atoms with Gasteiger partial charge in [0.15, 0.2) is 11.0 Å². The summed E-state index contributed by atoms with van der Waals surface area (Å²) >= 11 is 3.88. The number of carbonyl (C=O) groups excluding carboxylic acids is 2. The number of H-pyrrole nitrogens is 2. The molecule has 354 valence electrons. The first kappa shape index (κ1) is 48.6. The number of hydrogen-bond donors (Lipinski definition) is 4. The van der Waals surface area contributed by atoms with Crippen molar-refractivity contribution in [3.8, 4) is 34.0 Å². The number of aromatic nitrogens is 10. The largest absolute Gasteiger partial charge is 0.358 e. The number of imidazole rings is 2. The first-order valence-corrected chi connectivity index (χ1v) is 32.0. The number of carbonyl (C=O) groups is 2. The third-order valence-corrected chi connectivity index (χ3v) is 28.9. The van der Waals surface area contributed by atoms with E-state index >= 15 is 0 Å². The maximum atomic E-state index is 12.1. The van der Waals surface area contributed by atoms with Crippen LogP contribution in [0.2, 0.25) is 18.5 Å². The molecule has 6 aromatic heterocycles. The second-order valence-electron chi connectivity index (χ2n) is 18.1. The number of fused-ring (bicyclic) bond motifs is 4. The molecule has 2 amide bonds. The van der Waals surface area contributed by atoms with Crippen LogP contribution in [0.15, 0.2) is 73.3 Å². The van der Waals surface area contributed by atoms with Crippen LogP contribution in [0.5, 0.6) is 0 Å². The number of nitrogens with one attached hydrogen (secondary N) is 4. The molecule has 8 aromatic rings. The minimum atomic E-state index is -2.24. The van der Waals surface area contributed by atoms with Crippen LogP contribution in [-0.2, 0) is 26.9 Å². The summed E-state index contributed by atoms with van der Waals surface area (Å²) in [6.07, 6.45) is 17.7. The van der Waals surface area contributed by atoms with Crippen LogP contribution in [0.3, 0.4) is 0 Å². The molecule has 2 aliphatic heterocycles. The van der Waals surface area contributed by atoms with Crippen LogP contribution in [0.25, 0.3) is 56.1 Å². The quantitative estimate of drug-likeness (QED) is 0.0825. The van der Waals surface area contributed by atoms with Gasteiger partial charge in [0.05, 0.1) is 44.6 Å². The molecule has 0 saturated heterocycles. The summed E-state index contributed by atoms with van der Waals surface area (Å²) in [6, 6.07) is 15.5. The Morgan fingerprint density at radius 2 is 1.13 bits per heavy atom. The van der Waals surface area contributed by atoms with E-state index in [0.29, 0.717) is 35.1 Å². The third-order valence-electron chi connectivity index (χ3n) is 13.2. The zero-order chi connectivity index (χ0) is 48.0. The second kappa shape index (κ2) is 21.6. The summed E-state index contributed by atoms with van der Waals surface area (Å²) in [7, 11) is 4.15. The zero-order valence-electron chi connectivity index (χ0n) is 40.4. The molecule has 0 radical (unpaired) electrons. The number of benzene rings is 2. The molecule has 0 saturated carbocycles. The molecule has 68 heavy (non-hydrogen) atoms. The van der Waals surface area contributed by atoms with Crippen molar-refractivity contribution in [1.82, 2.24) is 59.6 Å². The molecule has 0 bridgehead atoms. The minimum Gasteiger partial charge on any atom is -0.358 e. The van der Waals surface area contributed by atoms with Crippen LogP contribution in [0.4, 0.5) is 0 Å². The molecule has 0 aliphatic carbocycles. The number of hydrogen-bond acceptors (Lipinski definition) is 8. The number of aromatic amines is 2. The number of halogens is 1. The molecule has 4 N–H and O–H groups in total. The Bertz CT molecular complexity index is 3050. The van der Waals surface area contributed by atoms with Gasteiger partial charge in [-0.1, -0.05) is 35.9 Å².